The minimum atomic E-state index is -3.90. The van der Waals surface area contributed by atoms with Gasteiger partial charge in [-0.25, -0.2) is 18.4 Å². The normalized spacial score (nSPS) is 12.1. The van der Waals surface area contributed by atoms with Gasteiger partial charge in [0.15, 0.2) is 6.10 Å². The van der Waals surface area contributed by atoms with Crippen molar-refractivity contribution < 1.29 is 22.7 Å². The average molecular weight is 439 g/mol. The van der Waals surface area contributed by atoms with Crippen molar-refractivity contribution >= 4 is 27.6 Å². The number of carbonyl (C=O) groups is 2. The Morgan fingerprint density at radius 3 is 2.35 bits per heavy atom. The highest BCUT2D eigenvalue weighted by atomic mass is 32.2. The Morgan fingerprint density at radius 2 is 1.65 bits per heavy atom. The summed E-state index contributed by atoms with van der Waals surface area (Å²) >= 11 is 0. The van der Waals surface area contributed by atoms with Gasteiger partial charge in [-0.05, 0) is 48.7 Å². The Balaban J connectivity index is 1.69. The third kappa shape index (κ3) is 6.00. The van der Waals surface area contributed by atoms with Crippen LogP contribution in [-0.4, -0.2) is 26.4 Å². The fourth-order valence-electron chi connectivity index (χ4n) is 2.96. The number of sulfonamides is 1. The summed E-state index contributed by atoms with van der Waals surface area (Å²) in [6.45, 7) is 1.44. The van der Waals surface area contributed by atoms with E-state index in [4.69, 9.17) is 9.88 Å². The van der Waals surface area contributed by atoms with Gasteiger partial charge in [-0.2, -0.15) is 0 Å². The molecule has 0 heterocycles. The maximum absolute atomic E-state index is 12.7. The number of hydrogen-bond donors (Lipinski definition) is 2. The Labute approximate surface area is 180 Å². The van der Waals surface area contributed by atoms with Gasteiger partial charge in [0.2, 0.25) is 10.0 Å². The van der Waals surface area contributed by atoms with Gasteiger partial charge in [0, 0.05) is 5.69 Å². The van der Waals surface area contributed by atoms with Crippen LogP contribution >= 0.6 is 0 Å². The van der Waals surface area contributed by atoms with Gasteiger partial charge in [-0.15, -0.1) is 0 Å². The van der Waals surface area contributed by atoms with Gasteiger partial charge in [-0.3, -0.25) is 4.79 Å². The van der Waals surface area contributed by atoms with Crippen LogP contribution in [0.15, 0.2) is 83.8 Å². The van der Waals surface area contributed by atoms with Gasteiger partial charge in [0.05, 0.1) is 10.5 Å². The fraction of sp³-hybridized carbons (Fsp3) is 0.130. The van der Waals surface area contributed by atoms with Crippen molar-refractivity contribution in [2.75, 3.05) is 5.32 Å². The molecule has 0 fully saturated rings. The summed E-state index contributed by atoms with van der Waals surface area (Å²) in [5, 5.41) is 7.64. The van der Waals surface area contributed by atoms with Gasteiger partial charge in [0.1, 0.15) is 0 Å². The molecular formula is C23H22N2O5S. The van der Waals surface area contributed by atoms with E-state index in [1.54, 1.807) is 12.1 Å². The molecule has 8 heteroatoms. The third-order valence-electron chi connectivity index (χ3n) is 4.56. The molecule has 0 aliphatic carbocycles. The molecule has 7 nitrogen and oxygen atoms in total. The van der Waals surface area contributed by atoms with E-state index in [1.807, 2.05) is 42.5 Å². The van der Waals surface area contributed by atoms with Crippen molar-refractivity contribution in [3.8, 4) is 0 Å². The number of rotatable bonds is 7. The number of nitrogens with two attached hydrogens (primary N) is 1. The standard InChI is InChI=1S/C23H22N2O5S/c1-16(22(26)25-19-11-7-12-20(15-19)31(24,28)29)30-23(27)21-13-6-5-10-18(21)14-17-8-3-2-4-9-17/h2-13,15-16H,14H2,1H3,(H,25,26)(H2,24,28,29). The first-order chi connectivity index (χ1) is 14.7. The summed E-state index contributed by atoms with van der Waals surface area (Å²) < 4.78 is 28.3. The first kappa shape index (κ1) is 22.2. The monoisotopic (exact) mass is 438 g/mol. The smallest absolute Gasteiger partial charge is 0.339 e. The molecule has 31 heavy (non-hydrogen) atoms. The second-order valence-corrected chi connectivity index (χ2v) is 8.49. The number of carbonyl (C=O) groups excluding carboxylic acids is 2. The lowest BCUT2D eigenvalue weighted by Crippen LogP contribution is -2.30. The summed E-state index contributed by atoms with van der Waals surface area (Å²) in [5.41, 5.74) is 2.43. The van der Waals surface area contributed by atoms with E-state index in [1.165, 1.54) is 31.2 Å². The predicted molar refractivity (Wildman–Crippen MR) is 117 cm³/mol. The van der Waals surface area contributed by atoms with Crippen LogP contribution in [0.1, 0.15) is 28.4 Å². The molecule has 0 aromatic heterocycles. The molecule has 160 valence electrons. The third-order valence-corrected chi connectivity index (χ3v) is 5.47. The number of hydrogen-bond acceptors (Lipinski definition) is 5. The molecule has 3 aromatic rings. The lowest BCUT2D eigenvalue weighted by molar-refractivity contribution is -0.123. The van der Waals surface area contributed by atoms with Crippen LogP contribution in [0.4, 0.5) is 5.69 Å². The second-order valence-electron chi connectivity index (χ2n) is 6.93. The molecule has 0 aliphatic heterocycles. The van der Waals surface area contributed by atoms with Crippen LogP contribution in [-0.2, 0) is 26.0 Å². The maximum atomic E-state index is 12.7. The zero-order valence-corrected chi connectivity index (χ0v) is 17.6. The number of anilines is 1. The molecule has 3 aromatic carbocycles. The Hall–Kier alpha value is -3.49. The molecule has 0 radical (unpaired) electrons. The first-order valence-electron chi connectivity index (χ1n) is 9.50. The van der Waals surface area contributed by atoms with Gasteiger partial charge >= 0.3 is 5.97 Å². The van der Waals surface area contributed by atoms with Crippen molar-refractivity contribution in [3.63, 3.8) is 0 Å². The van der Waals surface area contributed by atoms with Gasteiger partial charge in [-0.1, -0.05) is 54.6 Å². The zero-order valence-electron chi connectivity index (χ0n) is 16.8. The van der Waals surface area contributed by atoms with Crippen LogP contribution in [0.2, 0.25) is 0 Å². The first-order valence-corrected chi connectivity index (χ1v) is 11.1. The van der Waals surface area contributed by atoms with Gasteiger partial charge in [0.25, 0.3) is 5.91 Å². The largest absolute Gasteiger partial charge is 0.449 e. The minimum Gasteiger partial charge on any atom is -0.449 e. The quantitative estimate of drug-likeness (QED) is 0.550. The van der Waals surface area contributed by atoms with Crippen LogP contribution in [0, 0.1) is 0 Å². The lowest BCUT2D eigenvalue weighted by atomic mass is 10.00. The molecule has 0 spiro atoms. The number of nitrogens with one attached hydrogen (secondary N) is 1. The Kier molecular flexibility index (Phi) is 6.84. The van der Waals surface area contributed by atoms with E-state index in [2.05, 4.69) is 5.32 Å². The van der Waals surface area contributed by atoms with E-state index in [0.717, 1.165) is 11.1 Å². The topological polar surface area (TPSA) is 116 Å². The van der Waals surface area contributed by atoms with E-state index in [9.17, 15) is 18.0 Å². The Morgan fingerprint density at radius 1 is 0.968 bits per heavy atom. The molecule has 1 amide bonds. The summed E-state index contributed by atoms with van der Waals surface area (Å²) in [4.78, 5) is 25.0. The maximum Gasteiger partial charge on any atom is 0.339 e. The van der Waals surface area contributed by atoms with Gasteiger partial charge < -0.3 is 10.1 Å². The highest BCUT2D eigenvalue weighted by Gasteiger charge is 2.21. The van der Waals surface area contributed by atoms with Crippen LogP contribution in [0.5, 0.6) is 0 Å². The average Bonchev–Trinajstić information content (AvgIpc) is 2.74. The number of esters is 1. The molecule has 0 aliphatic rings. The van der Waals surface area contributed by atoms with E-state index in [0.29, 0.717) is 12.0 Å². The molecule has 3 N–H and O–H groups in total. The second kappa shape index (κ2) is 9.55. The SMILES string of the molecule is CC(OC(=O)c1ccccc1Cc1ccccc1)C(=O)Nc1cccc(S(N)(=O)=O)c1. The highest BCUT2D eigenvalue weighted by Crippen LogP contribution is 2.18. The molecule has 0 bridgehead atoms. The summed E-state index contributed by atoms with van der Waals surface area (Å²) in [6.07, 6.45) is -0.553. The molecule has 0 saturated carbocycles. The van der Waals surface area contributed by atoms with Crippen LogP contribution in [0.3, 0.4) is 0 Å². The van der Waals surface area contributed by atoms with E-state index < -0.39 is 28.0 Å². The van der Waals surface area contributed by atoms with Crippen LogP contribution in [0.25, 0.3) is 0 Å². The predicted octanol–water partition coefficient (Wildman–Crippen LogP) is 3.11. The number of ether oxygens (including phenoxy) is 1. The van der Waals surface area contributed by atoms with Crippen LogP contribution < -0.4 is 10.5 Å². The minimum absolute atomic E-state index is 0.134. The molecular weight excluding hydrogens is 416 g/mol. The molecule has 0 saturated heterocycles. The number of benzene rings is 3. The number of amides is 1. The van der Waals surface area contributed by atoms with Crippen molar-refractivity contribution in [1.82, 2.24) is 0 Å². The molecule has 3 rings (SSSR count). The highest BCUT2D eigenvalue weighted by molar-refractivity contribution is 7.89. The fourth-order valence-corrected chi connectivity index (χ4v) is 3.52. The summed E-state index contributed by atoms with van der Waals surface area (Å²) in [6, 6.07) is 22.3. The zero-order chi connectivity index (χ0) is 22.4. The number of primary sulfonamides is 1. The van der Waals surface area contributed by atoms with Crippen molar-refractivity contribution in [3.05, 3.63) is 95.6 Å². The van der Waals surface area contributed by atoms with Crippen molar-refractivity contribution in [1.29, 1.82) is 0 Å². The van der Waals surface area contributed by atoms with E-state index in [-0.39, 0.29) is 10.6 Å². The van der Waals surface area contributed by atoms with Crippen molar-refractivity contribution in [2.45, 2.75) is 24.3 Å². The molecule has 1 atom stereocenters. The van der Waals surface area contributed by atoms with E-state index >= 15 is 0 Å². The summed E-state index contributed by atoms with van der Waals surface area (Å²) in [7, 11) is -3.90. The molecule has 1 unspecified atom stereocenters. The lowest BCUT2D eigenvalue weighted by Gasteiger charge is -2.15. The van der Waals surface area contributed by atoms with Crippen molar-refractivity contribution in [2.24, 2.45) is 5.14 Å². The Bertz CT molecular complexity index is 1190. The summed E-state index contributed by atoms with van der Waals surface area (Å²) in [5.74, 6) is -1.21.